The van der Waals surface area contributed by atoms with Crippen molar-refractivity contribution in [2.75, 3.05) is 17.2 Å². The number of rotatable bonds is 0. The Kier molecular flexibility index (Phi) is 1.93. The molecule has 0 saturated carbocycles. The first kappa shape index (κ1) is 9.34. The highest BCUT2D eigenvalue weighted by atomic mass is 16.5. The van der Waals surface area contributed by atoms with E-state index >= 15 is 0 Å². The normalized spacial score (nSPS) is 16.0. The van der Waals surface area contributed by atoms with Gasteiger partial charge in [0.2, 0.25) is 0 Å². The second kappa shape index (κ2) is 3.31. The van der Waals surface area contributed by atoms with Crippen molar-refractivity contribution in [1.29, 1.82) is 0 Å². The van der Waals surface area contributed by atoms with E-state index in [1.54, 1.807) is 6.20 Å². The number of hydrogen-bond donors (Lipinski definition) is 3. The smallest absolute Gasteiger partial charge is 0.130 e. The summed E-state index contributed by atoms with van der Waals surface area (Å²) in [5.74, 6) is 5.58. The Morgan fingerprint density at radius 1 is 1.38 bits per heavy atom. The Labute approximate surface area is 91.8 Å². The van der Waals surface area contributed by atoms with Crippen LogP contribution in [0.4, 0.5) is 11.4 Å². The molecule has 0 fully saturated rings. The standard InChI is InChI=1S/C10H11N5O/c11-15-6-14(16)10-7-3-1-2-4-8(7)12-5-9(10)13-15/h1-5,13,16H,6,11H2. The summed E-state index contributed by atoms with van der Waals surface area (Å²) in [6, 6.07) is 7.64. The van der Waals surface area contributed by atoms with Gasteiger partial charge in [-0.1, -0.05) is 18.2 Å². The van der Waals surface area contributed by atoms with Gasteiger partial charge in [-0.25, -0.2) is 10.9 Å². The molecule has 6 heteroatoms. The van der Waals surface area contributed by atoms with E-state index < -0.39 is 0 Å². The van der Waals surface area contributed by atoms with Gasteiger partial charge in [-0.15, -0.1) is 5.12 Å². The number of nitrogens with zero attached hydrogens (tertiary/aromatic N) is 3. The number of hydrogen-bond acceptors (Lipinski definition) is 6. The number of nitrogens with two attached hydrogens (primary N) is 1. The number of fused-ring (bicyclic) bond motifs is 3. The first-order valence-electron chi connectivity index (χ1n) is 4.89. The van der Waals surface area contributed by atoms with Gasteiger partial charge in [-0.05, 0) is 6.07 Å². The first-order chi connectivity index (χ1) is 7.75. The minimum atomic E-state index is 0.195. The minimum absolute atomic E-state index is 0.195. The summed E-state index contributed by atoms with van der Waals surface area (Å²) in [5.41, 5.74) is 5.16. The average molecular weight is 217 g/mol. The molecule has 0 unspecified atom stereocenters. The van der Waals surface area contributed by atoms with E-state index in [0.29, 0.717) is 11.4 Å². The molecule has 0 bridgehead atoms. The Balaban J connectivity index is 2.29. The summed E-state index contributed by atoms with van der Waals surface area (Å²) in [6.45, 7) is 0.195. The van der Waals surface area contributed by atoms with E-state index in [0.717, 1.165) is 16.0 Å². The second-order valence-corrected chi connectivity index (χ2v) is 3.66. The van der Waals surface area contributed by atoms with E-state index in [1.165, 1.54) is 5.12 Å². The quantitative estimate of drug-likeness (QED) is 0.569. The van der Waals surface area contributed by atoms with Crippen molar-refractivity contribution in [3.05, 3.63) is 30.5 Å². The lowest BCUT2D eigenvalue weighted by Crippen LogP contribution is -2.48. The van der Waals surface area contributed by atoms with Crippen LogP contribution in [-0.4, -0.2) is 22.0 Å². The number of nitrogens with one attached hydrogen (secondary N) is 1. The number of pyridine rings is 1. The van der Waals surface area contributed by atoms with Gasteiger partial charge < -0.3 is 5.43 Å². The number of anilines is 2. The van der Waals surface area contributed by atoms with Crippen LogP contribution < -0.4 is 16.3 Å². The molecule has 0 amide bonds. The zero-order valence-corrected chi connectivity index (χ0v) is 8.46. The van der Waals surface area contributed by atoms with Crippen LogP contribution in [0.5, 0.6) is 0 Å². The van der Waals surface area contributed by atoms with Crippen molar-refractivity contribution in [3.8, 4) is 0 Å². The maximum atomic E-state index is 9.87. The molecule has 0 atom stereocenters. The maximum Gasteiger partial charge on any atom is 0.130 e. The Bertz CT molecular complexity index is 544. The fourth-order valence-corrected chi connectivity index (χ4v) is 1.89. The molecule has 16 heavy (non-hydrogen) atoms. The molecule has 1 aliphatic rings. The lowest BCUT2D eigenvalue weighted by atomic mass is 10.1. The molecule has 0 saturated heterocycles. The summed E-state index contributed by atoms with van der Waals surface area (Å²) < 4.78 is 0. The van der Waals surface area contributed by atoms with Crippen LogP contribution in [0.3, 0.4) is 0 Å². The van der Waals surface area contributed by atoms with Crippen LogP contribution in [0.1, 0.15) is 0 Å². The number of para-hydroxylation sites is 1. The van der Waals surface area contributed by atoms with Crippen molar-refractivity contribution in [1.82, 2.24) is 10.1 Å². The molecule has 4 N–H and O–H groups in total. The Morgan fingerprint density at radius 3 is 3.06 bits per heavy atom. The highest BCUT2D eigenvalue weighted by Crippen LogP contribution is 2.34. The van der Waals surface area contributed by atoms with Gasteiger partial charge in [0.1, 0.15) is 12.4 Å². The van der Waals surface area contributed by atoms with Crippen molar-refractivity contribution in [2.24, 2.45) is 5.84 Å². The number of aromatic nitrogens is 1. The number of benzene rings is 1. The zero-order valence-electron chi connectivity index (χ0n) is 8.46. The summed E-state index contributed by atoms with van der Waals surface area (Å²) in [5, 5.41) is 13.2. The predicted molar refractivity (Wildman–Crippen MR) is 60.5 cm³/mol. The van der Waals surface area contributed by atoms with Crippen LogP contribution in [0, 0.1) is 0 Å². The van der Waals surface area contributed by atoms with Crippen molar-refractivity contribution >= 4 is 22.3 Å². The number of hydrazine groups is 2. The molecule has 1 aliphatic heterocycles. The van der Waals surface area contributed by atoms with E-state index in [9.17, 15) is 5.21 Å². The predicted octanol–water partition coefficient (Wildman–Crippen LogP) is 0.904. The second-order valence-electron chi connectivity index (χ2n) is 3.66. The molecule has 1 aromatic carbocycles. The van der Waals surface area contributed by atoms with Gasteiger partial charge in [0.25, 0.3) is 0 Å². The number of hydroxylamine groups is 1. The molecule has 3 rings (SSSR count). The van der Waals surface area contributed by atoms with Crippen LogP contribution in [0.25, 0.3) is 10.9 Å². The van der Waals surface area contributed by atoms with Crippen LogP contribution >= 0.6 is 0 Å². The molecule has 6 nitrogen and oxygen atoms in total. The lowest BCUT2D eigenvalue weighted by molar-refractivity contribution is 0.177. The third kappa shape index (κ3) is 1.28. The first-order valence-corrected chi connectivity index (χ1v) is 4.89. The monoisotopic (exact) mass is 217 g/mol. The van der Waals surface area contributed by atoms with Gasteiger partial charge in [-0.2, -0.15) is 0 Å². The largest absolute Gasteiger partial charge is 0.300 e. The van der Waals surface area contributed by atoms with E-state index in [-0.39, 0.29) is 6.67 Å². The van der Waals surface area contributed by atoms with Crippen LogP contribution in [-0.2, 0) is 0 Å². The average Bonchev–Trinajstić information content (AvgIpc) is 2.28. The summed E-state index contributed by atoms with van der Waals surface area (Å²) >= 11 is 0. The fraction of sp³-hybridized carbons (Fsp3) is 0.100. The zero-order chi connectivity index (χ0) is 11.1. The lowest BCUT2D eigenvalue weighted by Gasteiger charge is -2.32. The fourth-order valence-electron chi connectivity index (χ4n) is 1.89. The van der Waals surface area contributed by atoms with E-state index in [4.69, 9.17) is 5.84 Å². The highest BCUT2D eigenvalue weighted by Gasteiger charge is 2.21. The highest BCUT2D eigenvalue weighted by molar-refractivity contribution is 5.97. The van der Waals surface area contributed by atoms with Crippen molar-refractivity contribution < 1.29 is 5.21 Å². The van der Waals surface area contributed by atoms with Crippen LogP contribution in [0.2, 0.25) is 0 Å². The van der Waals surface area contributed by atoms with Gasteiger partial charge in [0.05, 0.1) is 17.4 Å². The molecule has 82 valence electrons. The molecule has 2 aromatic rings. The van der Waals surface area contributed by atoms with Gasteiger partial charge >= 0.3 is 0 Å². The van der Waals surface area contributed by atoms with Gasteiger partial charge in [-0.3, -0.25) is 10.2 Å². The third-order valence-corrected chi connectivity index (χ3v) is 2.56. The van der Waals surface area contributed by atoms with E-state index in [2.05, 4.69) is 10.4 Å². The molecular formula is C10H11N5O. The summed E-state index contributed by atoms with van der Waals surface area (Å²) in [6.07, 6.45) is 1.65. The van der Waals surface area contributed by atoms with Gasteiger partial charge in [0.15, 0.2) is 0 Å². The molecule has 0 radical (unpaired) electrons. The molecule has 0 aliphatic carbocycles. The topological polar surface area (TPSA) is 77.7 Å². The van der Waals surface area contributed by atoms with E-state index in [1.807, 2.05) is 24.3 Å². The van der Waals surface area contributed by atoms with Gasteiger partial charge in [0, 0.05) is 5.39 Å². The van der Waals surface area contributed by atoms with Crippen LogP contribution in [0.15, 0.2) is 30.5 Å². The SMILES string of the molecule is NN1CN(O)c2c(cnc3ccccc23)N1. The minimum Gasteiger partial charge on any atom is -0.300 e. The molecule has 2 heterocycles. The summed E-state index contributed by atoms with van der Waals surface area (Å²) in [7, 11) is 0. The van der Waals surface area contributed by atoms with Crippen molar-refractivity contribution in [3.63, 3.8) is 0 Å². The Morgan fingerprint density at radius 2 is 2.19 bits per heavy atom. The third-order valence-electron chi connectivity index (χ3n) is 2.56. The Hall–Kier alpha value is -1.89. The molecule has 1 aromatic heterocycles. The van der Waals surface area contributed by atoms with Crippen molar-refractivity contribution in [2.45, 2.75) is 0 Å². The molecule has 0 spiro atoms. The molecular weight excluding hydrogens is 206 g/mol. The summed E-state index contributed by atoms with van der Waals surface area (Å²) in [4.78, 5) is 4.28. The maximum absolute atomic E-state index is 9.87.